The fourth-order valence-corrected chi connectivity index (χ4v) is 1.59. The Bertz CT molecular complexity index is 546. The molecule has 7 nitrogen and oxygen atoms in total. The van der Waals surface area contributed by atoms with E-state index in [1.165, 1.54) is 0 Å². The Morgan fingerprint density at radius 1 is 1.30 bits per heavy atom. The number of anilines is 1. The van der Waals surface area contributed by atoms with Crippen LogP contribution in [0, 0.1) is 6.92 Å². The largest absolute Gasteiger partial charge is 0.370 e. The zero-order valence-corrected chi connectivity index (χ0v) is 11.7. The van der Waals surface area contributed by atoms with E-state index in [1.807, 2.05) is 13.8 Å². The van der Waals surface area contributed by atoms with Crippen molar-refractivity contribution < 1.29 is 4.79 Å². The van der Waals surface area contributed by atoms with Gasteiger partial charge in [-0.25, -0.2) is 4.99 Å². The maximum Gasteiger partial charge on any atom is 0.224 e. The molecule has 0 spiro atoms. The van der Waals surface area contributed by atoms with Crippen LogP contribution in [0.5, 0.6) is 0 Å². The number of guanidine groups is 2. The third kappa shape index (κ3) is 4.97. The van der Waals surface area contributed by atoms with Crippen LogP contribution in [-0.4, -0.2) is 17.8 Å². The average molecular weight is 276 g/mol. The molecule has 7 N–H and O–H groups in total. The van der Waals surface area contributed by atoms with Crippen LogP contribution < -0.4 is 22.5 Å². The molecule has 1 aromatic carbocycles. The molecule has 20 heavy (non-hydrogen) atoms. The van der Waals surface area contributed by atoms with Gasteiger partial charge in [0.15, 0.2) is 5.96 Å². The van der Waals surface area contributed by atoms with Gasteiger partial charge in [0.2, 0.25) is 11.9 Å². The van der Waals surface area contributed by atoms with Gasteiger partial charge in [0, 0.05) is 12.1 Å². The summed E-state index contributed by atoms with van der Waals surface area (Å²) in [5.74, 6) is -0.175. The van der Waals surface area contributed by atoms with E-state index in [9.17, 15) is 4.79 Å². The molecule has 7 heteroatoms. The normalized spacial score (nSPS) is 11.0. The predicted octanol–water partition coefficient (Wildman–Crippen LogP) is 0.953. The summed E-state index contributed by atoms with van der Waals surface area (Å²) in [4.78, 5) is 19.2. The summed E-state index contributed by atoms with van der Waals surface area (Å²) in [6.45, 7) is 3.83. The van der Waals surface area contributed by atoms with Crippen molar-refractivity contribution in [2.24, 2.45) is 27.2 Å². The highest BCUT2D eigenvalue weighted by molar-refractivity contribution is 5.94. The number of rotatable bonds is 4. The first-order valence-corrected chi connectivity index (χ1v) is 6.26. The van der Waals surface area contributed by atoms with Gasteiger partial charge in [-0.3, -0.25) is 4.79 Å². The van der Waals surface area contributed by atoms with E-state index in [0.29, 0.717) is 12.1 Å². The number of nitrogens with two attached hydrogens (primary N) is 3. The van der Waals surface area contributed by atoms with E-state index >= 15 is 0 Å². The number of nitrogens with one attached hydrogen (secondary N) is 1. The molecule has 0 aromatic heterocycles. The highest BCUT2D eigenvalue weighted by atomic mass is 16.1. The monoisotopic (exact) mass is 276 g/mol. The van der Waals surface area contributed by atoms with E-state index in [0.717, 1.165) is 17.7 Å². The van der Waals surface area contributed by atoms with Crippen LogP contribution >= 0.6 is 0 Å². The molecule has 0 aliphatic rings. The number of hydrogen-bond acceptors (Lipinski definition) is 2. The first kappa shape index (κ1) is 15.5. The van der Waals surface area contributed by atoms with Crippen molar-refractivity contribution >= 4 is 29.2 Å². The van der Waals surface area contributed by atoms with Crippen LogP contribution in [0.2, 0.25) is 0 Å². The molecule has 0 heterocycles. The van der Waals surface area contributed by atoms with Crippen LogP contribution in [-0.2, 0) is 4.79 Å². The second-order valence-corrected chi connectivity index (χ2v) is 4.30. The zero-order chi connectivity index (χ0) is 15.1. The predicted molar refractivity (Wildman–Crippen MR) is 81.8 cm³/mol. The minimum atomic E-state index is -0.147. The Morgan fingerprint density at radius 3 is 2.55 bits per heavy atom. The molecule has 108 valence electrons. The maximum absolute atomic E-state index is 11.5. The molecule has 0 fully saturated rings. The number of hydrogen-bond donors (Lipinski definition) is 4. The summed E-state index contributed by atoms with van der Waals surface area (Å²) in [7, 11) is 0. The molecule has 1 amide bonds. The van der Waals surface area contributed by atoms with Crippen molar-refractivity contribution in [2.75, 3.05) is 5.32 Å². The smallest absolute Gasteiger partial charge is 0.224 e. The van der Waals surface area contributed by atoms with Crippen molar-refractivity contribution in [3.05, 3.63) is 23.8 Å². The lowest BCUT2D eigenvalue weighted by atomic mass is 10.1. The standard InChI is InChI=1S/C13H20N6O/c1-3-4-11(20)18-10-6-5-9(7-8(10)2)17-13(16)19-12(14)15/h5-7H,3-4H2,1-2H3,(H,18,20)(H6,14,15,16,17,19). The summed E-state index contributed by atoms with van der Waals surface area (Å²) in [5.41, 5.74) is 18.2. The van der Waals surface area contributed by atoms with Gasteiger partial charge in [0.25, 0.3) is 0 Å². The quantitative estimate of drug-likeness (QED) is 0.481. The van der Waals surface area contributed by atoms with Crippen molar-refractivity contribution in [2.45, 2.75) is 26.7 Å². The summed E-state index contributed by atoms with van der Waals surface area (Å²) >= 11 is 0. The second kappa shape index (κ2) is 7.13. The second-order valence-electron chi connectivity index (χ2n) is 4.30. The average Bonchev–Trinajstić information content (AvgIpc) is 2.32. The topological polar surface area (TPSA) is 132 Å². The van der Waals surface area contributed by atoms with Crippen LogP contribution in [0.4, 0.5) is 11.4 Å². The molecule has 0 aliphatic heterocycles. The van der Waals surface area contributed by atoms with E-state index in [-0.39, 0.29) is 17.8 Å². The van der Waals surface area contributed by atoms with Crippen molar-refractivity contribution in [3.63, 3.8) is 0 Å². The molecule has 0 radical (unpaired) electrons. The minimum absolute atomic E-state index is 0.00753. The summed E-state index contributed by atoms with van der Waals surface area (Å²) in [6.07, 6.45) is 1.30. The number of aryl methyl sites for hydroxylation is 1. The van der Waals surface area contributed by atoms with Gasteiger partial charge in [0.1, 0.15) is 0 Å². The lowest BCUT2D eigenvalue weighted by Gasteiger charge is -2.08. The van der Waals surface area contributed by atoms with Crippen molar-refractivity contribution in [1.29, 1.82) is 0 Å². The molecule has 0 saturated carbocycles. The first-order chi connectivity index (χ1) is 9.42. The molecule has 0 aliphatic carbocycles. The van der Waals surface area contributed by atoms with Crippen LogP contribution in [0.1, 0.15) is 25.3 Å². The maximum atomic E-state index is 11.5. The molecular weight excluding hydrogens is 256 g/mol. The number of benzene rings is 1. The van der Waals surface area contributed by atoms with E-state index < -0.39 is 0 Å². The molecule has 1 rings (SSSR count). The van der Waals surface area contributed by atoms with Gasteiger partial charge in [-0.15, -0.1) is 0 Å². The molecule has 1 aromatic rings. The highest BCUT2D eigenvalue weighted by Gasteiger charge is 2.04. The Labute approximate surface area is 118 Å². The number of amides is 1. The molecule has 0 saturated heterocycles. The molecule has 0 atom stereocenters. The molecule has 0 bridgehead atoms. The molecule has 0 unspecified atom stereocenters. The Kier molecular flexibility index (Phi) is 5.52. The Hall–Kier alpha value is -2.57. The number of carbonyl (C=O) groups is 1. The third-order valence-electron chi connectivity index (χ3n) is 2.45. The van der Waals surface area contributed by atoms with Crippen molar-refractivity contribution in [3.8, 4) is 0 Å². The lowest BCUT2D eigenvalue weighted by molar-refractivity contribution is -0.116. The van der Waals surface area contributed by atoms with Crippen LogP contribution in [0.3, 0.4) is 0 Å². The minimum Gasteiger partial charge on any atom is -0.370 e. The van der Waals surface area contributed by atoms with Gasteiger partial charge in [-0.05, 0) is 37.1 Å². The Morgan fingerprint density at radius 2 is 2.00 bits per heavy atom. The summed E-state index contributed by atoms with van der Waals surface area (Å²) < 4.78 is 0. The highest BCUT2D eigenvalue weighted by Crippen LogP contribution is 2.22. The fraction of sp³-hybridized carbons (Fsp3) is 0.308. The zero-order valence-electron chi connectivity index (χ0n) is 11.7. The van der Waals surface area contributed by atoms with Gasteiger partial charge in [0.05, 0.1) is 5.69 Å². The first-order valence-electron chi connectivity index (χ1n) is 6.26. The summed E-state index contributed by atoms with van der Waals surface area (Å²) in [5, 5.41) is 2.84. The lowest BCUT2D eigenvalue weighted by Crippen LogP contribution is -2.26. The van der Waals surface area contributed by atoms with Crippen LogP contribution in [0.25, 0.3) is 0 Å². The van der Waals surface area contributed by atoms with Gasteiger partial charge in [-0.2, -0.15) is 4.99 Å². The van der Waals surface area contributed by atoms with E-state index in [2.05, 4.69) is 15.3 Å². The Balaban J connectivity index is 2.88. The van der Waals surface area contributed by atoms with Gasteiger partial charge in [-0.1, -0.05) is 6.92 Å². The number of aliphatic imine (C=N–C) groups is 2. The number of carbonyl (C=O) groups excluding carboxylic acids is 1. The van der Waals surface area contributed by atoms with E-state index in [1.54, 1.807) is 18.2 Å². The third-order valence-corrected chi connectivity index (χ3v) is 2.45. The van der Waals surface area contributed by atoms with Crippen LogP contribution in [0.15, 0.2) is 28.2 Å². The van der Waals surface area contributed by atoms with E-state index in [4.69, 9.17) is 17.2 Å². The summed E-state index contributed by atoms with van der Waals surface area (Å²) in [6, 6.07) is 5.28. The fourth-order valence-electron chi connectivity index (χ4n) is 1.59. The van der Waals surface area contributed by atoms with Crippen molar-refractivity contribution in [1.82, 2.24) is 0 Å². The number of nitrogens with zero attached hydrogens (tertiary/aromatic N) is 2. The SMILES string of the molecule is CCCC(=O)Nc1ccc(N=C(N)N=C(N)N)cc1C. The molecular formula is C13H20N6O. The van der Waals surface area contributed by atoms with Gasteiger partial charge >= 0.3 is 0 Å². The van der Waals surface area contributed by atoms with Gasteiger partial charge < -0.3 is 22.5 Å².